The molecular formula is C25H27F2NO3. The van der Waals surface area contributed by atoms with E-state index in [0.29, 0.717) is 26.1 Å². The number of likely N-dealkylation sites (tertiary alicyclic amines) is 1. The fourth-order valence-electron chi connectivity index (χ4n) is 4.38. The number of aliphatic carboxylic acids is 1. The molecule has 0 aromatic heterocycles. The summed E-state index contributed by atoms with van der Waals surface area (Å²) in [5, 5.41) is 9.04. The van der Waals surface area contributed by atoms with Crippen LogP contribution >= 0.6 is 0 Å². The Morgan fingerprint density at radius 1 is 1.13 bits per heavy atom. The second-order valence-electron chi connectivity index (χ2n) is 8.48. The van der Waals surface area contributed by atoms with E-state index in [0.717, 1.165) is 43.2 Å². The Bertz CT molecular complexity index is 1010. The number of halogens is 2. The first-order valence-corrected chi connectivity index (χ1v) is 10.7. The van der Waals surface area contributed by atoms with Crippen LogP contribution in [-0.4, -0.2) is 42.2 Å². The van der Waals surface area contributed by atoms with E-state index in [9.17, 15) is 13.6 Å². The van der Waals surface area contributed by atoms with Crippen LogP contribution in [0.25, 0.3) is 5.57 Å². The minimum atomic E-state index is -0.823. The maximum Gasteiger partial charge on any atom is 0.309 e. The Morgan fingerprint density at radius 3 is 2.68 bits per heavy atom. The third kappa shape index (κ3) is 4.96. The molecule has 0 amide bonds. The number of hydrogen-bond donors (Lipinski definition) is 1. The van der Waals surface area contributed by atoms with Crippen molar-refractivity contribution in [1.82, 2.24) is 4.90 Å². The second-order valence-corrected chi connectivity index (χ2v) is 8.48. The molecule has 1 fully saturated rings. The van der Waals surface area contributed by atoms with Crippen molar-refractivity contribution >= 4 is 11.5 Å². The number of fused-ring (bicyclic) bond motifs is 1. The summed E-state index contributed by atoms with van der Waals surface area (Å²) in [5.74, 6) is -1.73. The van der Waals surface area contributed by atoms with Gasteiger partial charge in [0.25, 0.3) is 0 Å². The number of benzene rings is 2. The van der Waals surface area contributed by atoms with Gasteiger partial charge in [-0.1, -0.05) is 17.7 Å². The van der Waals surface area contributed by atoms with Gasteiger partial charge in [0, 0.05) is 19.6 Å². The molecule has 31 heavy (non-hydrogen) atoms. The normalized spacial score (nSPS) is 16.7. The van der Waals surface area contributed by atoms with E-state index in [4.69, 9.17) is 9.84 Å². The zero-order valence-corrected chi connectivity index (χ0v) is 17.7. The molecule has 6 heteroatoms. The smallest absolute Gasteiger partial charge is 0.309 e. The molecule has 0 spiro atoms. The van der Waals surface area contributed by atoms with Gasteiger partial charge >= 0.3 is 5.97 Å². The molecule has 1 N–H and O–H groups in total. The lowest BCUT2D eigenvalue weighted by Gasteiger charge is -2.38. The van der Waals surface area contributed by atoms with E-state index < -0.39 is 17.6 Å². The first-order valence-electron chi connectivity index (χ1n) is 10.7. The van der Waals surface area contributed by atoms with E-state index >= 15 is 0 Å². The van der Waals surface area contributed by atoms with E-state index in [1.807, 2.05) is 6.07 Å². The molecule has 2 aromatic rings. The number of carboxylic acids is 1. The molecule has 1 aliphatic heterocycles. The van der Waals surface area contributed by atoms with Crippen LogP contribution < -0.4 is 4.74 Å². The summed E-state index contributed by atoms with van der Waals surface area (Å²) in [6.45, 7) is 4.77. The molecule has 0 atom stereocenters. The standard InChI is InChI=1S/C25H27F2NO3/c1-16-19(13-28-14-20(15-28)25(29)30)6-5-18-12-21(7-8-22(16)18)31-10-2-3-17-4-9-23(26)24(27)11-17/h4,7-9,11-12,20H,2-3,5-6,10,13-15H2,1H3,(H,29,30). The zero-order chi connectivity index (χ0) is 22.0. The summed E-state index contributed by atoms with van der Waals surface area (Å²) in [6, 6.07) is 10.2. The van der Waals surface area contributed by atoms with Crippen molar-refractivity contribution in [3.8, 4) is 5.75 Å². The van der Waals surface area contributed by atoms with Crippen LogP contribution in [-0.2, 0) is 17.6 Å². The molecule has 2 aromatic carbocycles. The number of carboxylic acid groups (broad SMARTS) is 1. The molecule has 2 aliphatic rings. The number of ether oxygens (including phenoxy) is 1. The van der Waals surface area contributed by atoms with Crippen LogP contribution in [0.3, 0.4) is 0 Å². The largest absolute Gasteiger partial charge is 0.494 e. The molecule has 1 heterocycles. The topological polar surface area (TPSA) is 49.8 Å². The Balaban J connectivity index is 1.30. The van der Waals surface area contributed by atoms with Gasteiger partial charge in [-0.3, -0.25) is 9.69 Å². The predicted octanol–water partition coefficient (Wildman–Crippen LogP) is 4.71. The minimum Gasteiger partial charge on any atom is -0.494 e. The van der Waals surface area contributed by atoms with E-state index in [1.165, 1.54) is 28.3 Å². The van der Waals surface area contributed by atoms with Crippen LogP contribution in [0.4, 0.5) is 8.78 Å². The minimum absolute atomic E-state index is 0.224. The Morgan fingerprint density at radius 2 is 1.94 bits per heavy atom. The first kappa shape index (κ1) is 21.5. The average Bonchev–Trinajstić information content (AvgIpc) is 2.71. The fourth-order valence-corrected chi connectivity index (χ4v) is 4.38. The van der Waals surface area contributed by atoms with Crippen LogP contribution in [0, 0.1) is 17.6 Å². The Labute approximate surface area is 181 Å². The van der Waals surface area contributed by atoms with E-state index in [-0.39, 0.29) is 5.92 Å². The number of hydrogen-bond acceptors (Lipinski definition) is 3. The van der Waals surface area contributed by atoms with Crippen molar-refractivity contribution < 1.29 is 23.4 Å². The highest BCUT2D eigenvalue weighted by atomic mass is 19.2. The summed E-state index contributed by atoms with van der Waals surface area (Å²) in [7, 11) is 0. The number of rotatable bonds is 8. The first-order chi connectivity index (χ1) is 14.9. The maximum absolute atomic E-state index is 13.3. The van der Waals surface area contributed by atoms with Crippen LogP contribution in [0.15, 0.2) is 42.0 Å². The average molecular weight is 427 g/mol. The van der Waals surface area contributed by atoms with Crippen LogP contribution in [0.1, 0.15) is 36.5 Å². The predicted molar refractivity (Wildman–Crippen MR) is 115 cm³/mol. The summed E-state index contributed by atoms with van der Waals surface area (Å²) >= 11 is 0. The molecule has 4 rings (SSSR count). The second kappa shape index (κ2) is 9.18. The highest BCUT2D eigenvalue weighted by Gasteiger charge is 2.33. The van der Waals surface area contributed by atoms with Crippen LogP contribution in [0.2, 0.25) is 0 Å². The number of carbonyl (C=O) groups is 1. The van der Waals surface area contributed by atoms with Gasteiger partial charge in [0.1, 0.15) is 5.75 Å². The third-order valence-corrected chi connectivity index (χ3v) is 6.29. The summed E-state index contributed by atoms with van der Waals surface area (Å²) in [4.78, 5) is 13.2. The number of aryl methyl sites for hydroxylation is 2. The van der Waals surface area contributed by atoms with Gasteiger partial charge in [-0.2, -0.15) is 0 Å². The molecule has 1 saturated heterocycles. The lowest BCUT2D eigenvalue weighted by atomic mass is 9.85. The molecule has 164 valence electrons. The number of nitrogens with zero attached hydrogens (tertiary/aromatic N) is 1. The SMILES string of the molecule is CC1=C(CN2CC(C(=O)O)C2)CCc2cc(OCCCc3ccc(F)c(F)c3)ccc21. The lowest BCUT2D eigenvalue weighted by Crippen LogP contribution is -2.50. The number of allylic oxidation sites excluding steroid dienone is 1. The van der Waals surface area contributed by atoms with Gasteiger partial charge in [-0.05, 0) is 79.1 Å². The van der Waals surface area contributed by atoms with E-state index in [2.05, 4.69) is 24.0 Å². The van der Waals surface area contributed by atoms with Gasteiger partial charge < -0.3 is 9.84 Å². The molecule has 4 nitrogen and oxygen atoms in total. The van der Waals surface area contributed by atoms with Crippen LogP contribution in [0.5, 0.6) is 5.75 Å². The molecule has 0 unspecified atom stereocenters. The summed E-state index contributed by atoms with van der Waals surface area (Å²) < 4.78 is 32.2. The monoisotopic (exact) mass is 427 g/mol. The Kier molecular flexibility index (Phi) is 6.37. The highest BCUT2D eigenvalue weighted by Crippen LogP contribution is 2.34. The van der Waals surface area contributed by atoms with Gasteiger partial charge in [0.15, 0.2) is 11.6 Å². The molecule has 0 saturated carbocycles. The highest BCUT2D eigenvalue weighted by molar-refractivity contribution is 5.73. The van der Waals surface area contributed by atoms with Gasteiger partial charge in [-0.15, -0.1) is 0 Å². The molecular weight excluding hydrogens is 400 g/mol. The quantitative estimate of drug-likeness (QED) is 0.620. The van der Waals surface area contributed by atoms with Crippen molar-refractivity contribution in [2.75, 3.05) is 26.2 Å². The summed E-state index contributed by atoms with van der Waals surface area (Å²) in [6.07, 6.45) is 3.28. The maximum atomic E-state index is 13.3. The molecule has 1 aliphatic carbocycles. The van der Waals surface area contributed by atoms with Crippen molar-refractivity contribution in [1.29, 1.82) is 0 Å². The van der Waals surface area contributed by atoms with Crippen molar-refractivity contribution in [2.24, 2.45) is 5.92 Å². The van der Waals surface area contributed by atoms with Gasteiger partial charge in [-0.25, -0.2) is 8.78 Å². The van der Waals surface area contributed by atoms with Gasteiger partial charge in [0.2, 0.25) is 0 Å². The van der Waals surface area contributed by atoms with Crippen molar-refractivity contribution in [3.63, 3.8) is 0 Å². The zero-order valence-electron chi connectivity index (χ0n) is 17.7. The lowest BCUT2D eigenvalue weighted by molar-refractivity contribution is -0.147. The fraction of sp³-hybridized carbons (Fsp3) is 0.400. The third-order valence-electron chi connectivity index (χ3n) is 6.29. The molecule has 0 radical (unpaired) electrons. The van der Waals surface area contributed by atoms with E-state index in [1.54, 1.807) is 6.07 Å². The Hall–Kier alpha value is -2.73. The molecule has 0 bridgehead atoms. The van der Waals surface area contributed by atoms with Gasteiger partial charge in [0.05, 0.1) is 12.5 Å². The van der Waals surface area contributed by atoms with Crippen molar-refractivity contribution in [3.05, 3.63) is 70.3 Å². The van der Waals surface area contributed by atoms with Crippen molar-refractivity contribution in [2.45, 2.75) is 32.6 Å². The summed E-state index contributed by atoms with van der Waals surface area (Å²) in [5.41, 5.74) is 5.94.